The molecule has 0 atom stereocenters. The molecule has 0 heterocycles. The summed E-state index contributed by atoms with van der Waals surface area (Å²) in [5.41, 5.74) is -0.656. The molecule has 1 rings (SSSR count). The normalized spacial score (nSPS) is 11.0. The van der Waals surface area contributed by atoms with E-state index >= 15 is 0 Å². The molecule has 3 nitrogen and oxygen atoms in total. The number of ether oxygens (including phenoxy) is 2. The van der Waals surface area contributed by atoms with Crippen LogP contribution in [0, 0.1) is 17.5 Å². The number of carbonyl (C=O) groups is 1. The summed E-state index contributed by atoms with van der Waals surface area (Å²) in [6, 6.07) is 0.502. The van der Waals surface area contributed by atoms with Crippen molar-refractivity contribution in [2.24, 2.45) is 0 Å². The van der Waals surface area contributed by atoms with Crippen LogP contribution in [-0.2, 0) is 4.74 Å². The lowest BCUT2D eigenvalue weighted by Gasteiger charge is -2.09. The highest BCUT2D eigenvalue weighted by Crippen LogP contribution is 2.27. The predicted octanol–water partition coefficient (Wildman–Crippen LogP) is 8.14. The molecule has 0 unspecified atom stereocenters. The van der Waals surface area contributed by atoms with Crippen LogP contribution in [0.2, 0.25) is 0 Å². The van der Waals surface area contributed by atoms with Crippen molar-refractivity contribution in [3.05, 3.63) is 29.1 Å². The molecule has 6 heteroatoms. The molecule has 0 saturated heterocycles. The molecule has 0 aromatic heterocycles. The monoisotopic (exact) mass is 444 g/mol. The molecule has 0 aliphatic rings. The summed E-state index contributed by atoms with van der Waals surface area (Å²) in [7, 11) is 1.01. The van der Waals surface area contributed by atoms with Crippen LogP contribution >= 0.6 is 0 Å². The van der Waals surface area contributed by atoms with Crippen molar-refractivity contribution < 1.29 is 27.4 Å². The molecule has 1 aromatic rings. The summed E-state index contributed by atoms with van der Waals surface area (Å²) in [6.07, 6.45) is 18.4. The van der Waals surface area contributed by atoms with Gasteiger partial charge >= 0.3 is 5.97 Å². The fourth-order valence-corrected chi connectivity index (χ4v) is 3.62. The number of rotatable bonds is 18. The molecule has 0 bridgehead atoms. The van der Waals surface area contributed by atoms with E-state index in [1.54, 1.807) is 0 Å². The number of benzene rings is 1. The number of esters is 1. The fraction of sp³-hybridized carbons (Fsp3) is 0.720. The van der Waals surface area contributed by atoms with Crippen molar-refractivity contribution in [2.75, 3.05) is 13.7 Å². The van der Waals surface area contributed by atoms with E-state index in [1.807, 2.05) is 0 Å². The Hall–Kier alpha value is -1.72. The van der Waals surface area contributed by atoms with Crippen molar-refractivity contribution in [1.82, 2.24) is 0 Å². The topological polar surface area (TPSA) is 35.5 Å². The molecule has 0 fully saturated rings. The van der Waals surface area contributed by atoms with Crippen LogP contribution in [0.4, 0.5) is 13.2 Å². The van der Waals surface area contributed by atoms with E-state index in [4.69, 9.17) is 4.74 Å². The minimum Gasteiger partial charge on any atom is -0.491 e. The Labute approximate surface area is 185 Å². The third-order valence-corrected chi connectivity index (χ3v) is 5.52. The number of hydrogen-bond acceptors (Lipinski definition) is 3. The quantitative estimate of drug-likeness (QED) is 0.130. The number of carbonyl (C=O) groups excluding carboxylic acids is 1. The molecule has 0 radical (unpaired) electrons. The summed E-state index contributed by atoms with van der Waals surface area (Å²) in [5.74, 6) is -5.99. The van der Waals surface area contributed by atoms with Crippen molar-refractivity contribution in [3.8, 4) is 5.75 Å². The standard InChI is InChI=1S/C25H39F3O3/c1-3-4-5-6-7-8-9-10-11-12-13-14-15-16-17-18-31-25(29)20-19-21(26)23(28)24(30-2)22(20)27/h19H,3-18H2,1-2H3. The first-order valence-electron chi connectivity index (χ1n) is 11.9. The molecule has 0 saturated carbocycles. The minimum atomic E-state index is -1.46. The van der Waals surface area contributed by atoms with Crippen LogP contribution < -0.4 is 4.74 Å². The van der Waals surface area contributed by atoms with E-state index in [9.17, 15) is 18.0 Å². The third-order valence-electron chi connectivity index (χ3n) is 5.52. The van der Waals surface area contributed by atoms with Gasteiger partial charge in [-0.1, -0.05) is 96.8 Å². The Balaban J connectivity index is 2.02. The highest BCUT2D eigenvalue weighted by Gasteiger charge is 2.24. The van der Waals surface area contributed by atoms with Gasteiger partial charge in [0.2, 0.25) is 5.82 Å². The predicted molar refractivity (Wildman–Crippen MR) is 118 cm³/mol. The van der Waals surface area contributed by atoms with Gasteiger partial charge in [-0.3, -0.25) is 0 Å². The van der Waals surface area contributed by atoms with Crippen LogP contribution in [0.3, 0.4) is 0 Å². The molecular weight excluding hydrogens is 405 g/mol. The van der Waals surface area contributed by atoms with E-state index in [2.05, 4.69) is 11.7 Å². The molecule has 0 aliphatic carbocycles. The molecule has 31 heavy (non-hydrogen) atoms. The lowest BCUT2D eigenvalue weighted by molar-refractivity contribution is 0.0490. The maximum Gasteiger partial charge on any atom is 0.341 e. The van der Waals surface area contributed by atoms with Crippen LogP contribution in [0.15, 0.2) is 6.07 Å². The lowest BCUT2D eigenvalue weighted by atomic mass is 10.0. The number of halogens is 3. The first-order valence-corrected chi connectivity index (χ1v) is 11.9. The zero-order chi connectivity index (χ0) is 22.9. The molecule has 0 N–H and O–H groups in total. The van der Waals surface area contributed by atoms with Gasteiger partial charge in [0.1, 0.15) is 5.56 Å². The van der Waals surface area contributed by atoms with Gasteiger partial charge in [-0.05, 0) is 12.5 Å². The van der Waals surface area contributed by atoms with Gasteiger partial charge in [0.25, 0.3) is 0 Å². The van der Waals surface area contributed by atoms with E-state index in [1.165, 1.54) is 70.6 Å². The number of methoxy groups -OCH3 is 1. The van der Waals surface area contributed by atoms with Crippen LogP contribution in [0.25, 0.3) is 0 Å². The molecular formula is C25H39F3O3. The molecule has 178 valence electrons. The SMILES string of the molecule is CCCCCCCCCCCCCCCCCOC(=O)c1cc(F)c(F)c(OC)c1F. The van der Waals surface area contributed by atoms with Crippen molar-refractivity contribution >= 4 is 5.97 Å². The number of hydrogen-bond donors (Lipinski definition) is 0. The van der Waals surface area contributed by atoms with Gasteiger partial charge in [0.15, 0.2) is 17.4 Å². The van der Waals surface area contributed by atoms with E-state index in [0.29, 0.717) is 12.5 Å². The van der Waals surface area contributed by atoms with Gasteiger partial charge in [-0.15, -0.1) is 0 Å². The zero-order valence-corrected chi connectivity index (χ0v) is 19.2. The Morgan fingerprint density at radius 2 is 1.19 bits per heavy atom. The Morgan fingerprint density at radius 1 is 0.742 bits per heavy atom. The smallest absolute Gasteiger partial charge is 0.341 e. The van der Waals surface area contributed by atoms with Crippen LogP contribution in [-0.4, -0.2) is 19.7 Å². The molecule has 0 spiro atoms. The second-order valence-corrected chi connectivity index (χ2v) is 8.15. The second kappa shape index (κ2) is 16.9. The average molecular weight is 445 g/mol. The summed E-state index contributed by atoms with van der Waals surface area (Å²) in [6.45, 7) is 2.37. The summed E-state index contributed by atoms with van der Waals surface area (Å²) >= 11 is 0. The fourth-order valence-electron chi connectivity index (χ4n) is 3.62. The van der Waals surface area contributed by atoms with Crippen LogP contribution in [0.1, 0.15) is 114 Å². The lowest BCUT2D eigenvalue weighted by Crippen LogP contribution is -2.11. The van der Waals surface area contributed by atoms with Gasteiger partial charge in [0.05, 0.1) is 13.7 Å². The zero-order valence-electron chi connectivity index (χ0n) is 19.2. The minimum absolute atomic E-state index is 0.123. The van der Waals surface area contributed by atoms with Gasteiger partial charge < -0.3 is 9.47 Å². The molecule has 1 aromatic carbocycles. The average Bonchev–Trinajstić information content (AvgIpc) is 2.76. The maximum atomic E-state index is 14.0. The molecule has 0 aliphatic heterocycles. The highest BCUT2D eigenvalue weighted by atomic mass is 19.2. The van der Waals surface area contributed by atoms with E-state index in [0.717, 1.165) is 26.4 Å². The Morgan fingerprint density at radius 3 is 1.65 bits per heavy atom. The van der Waals surface area contributed by atoms with E-state index < -0.39 is 34.7 Å². The second-order valence-electron chi connectivity index (χ2n) is 8.15. The van der Waals surface area contributed by atoms with Gasteiger partial charge in [-0.2, -0.15) is 4.39 Å². The van der Waals surface area contributed by atoms with Crippen molar-refractivity contribution in [3.63, 3.8) is 0 Å². The van der Waals surface area contributed by atoms with Crippen molar-refractivity contribution in [2.45, 2.75) is 103 Å². The third kappa shape index (κ3) is 10.9. The van der Waals surface area contributed by atoms with Gasteiger partial charge in [-0.25, -0.2) is 13.6 Å². The van der Waals surface area contributed by atoms with E-state index in [-0.39, 0.29) is 6.61 Å². The Kier molecular flexibility index (Phi) is 14.9. The first kappa shape index (κ1) is 27.3. The summed E-state index contributed by atoms with van der Waals surface area (Å²) in [4.78, 5) is 11.9. The van der Waals surface area contributed by atoms with Crippen LogP contribution in [0.5, 0.6) is 5.75 Å². The molecule has 0 amide bonds. The summed E-state index contributed by atoms with van der Waals surface area (Å²) < 4.78 is 50.4. The Bertz CT molecular complexity index is 635. The maximum absolute atomic E-state index is 14.0. The number of unbranched alkanes of at least 4 members (excludes halogenated alkanes) is 14. The first-order chi connectivity index (χ1) is 15.0. The van der Waals surface area contributed by atoms with Gasteiger partial charge in [0, 0.05) is 0 Å². The highest BCUT2D eigenvalue weighted by molar-refractivity contribution is 5.90. The van der Waals surface area contributed by atoms with Crippen molar-refractivity contribution in [1.29, 1.82) is 0 Å². The largest absolute Gasteiger partial charge is 0.491 e. The summed E-state index contributed by atoms with van der Waals surface area (Å²) in [5, 5.41) is 0.